The van der Waals surface area contributed by atoms with Gasteiger partial charge in [-0.3, -0.25) is 19.4 Å². The molecule has 2 N–H and O–H groups in total. The molecule has 2 saturated heterocycles. The van der Waals surface area contributed by atoms with Crippen LogP contribution in [0.1, 0.15) is 52.5 Å². The Morgan fingerprint density at radius 2 is 1.92 bits per heavy atom. The summed E-state index contributed by atoms with van der Waals surface area (Å²) in [6.07, 6.45) is -2.96. The number of hydrogen-bond donors (Lipinski definition) is 2. The van der Waals surface area contributed by atoms with E-state index in [1.807, 2.05) is 0 Å². The molecule has 3 amide bonds. The summed E-state index contributed by atoms with van der Waals surface area (Å²) in [5.41, 5.74) is -1.51. The van der Waals surface area contributed by atoms with Gasteiger partial charge in [0.1, 0.15) is 23.4 Å². The molecule has 2 aromatic rings. The number of nitrogens with zero attached hydrogens (tertiary/aromatic N) is 2. The van der Waals surface area contributed by atoms with Crippen LogP contribution in [0, 0.1) is 30.4 Å². The van der Waals surface area contributed by atoms with E-state index in [0.29, 0.717) is 18.9 Å². The molecule has 1 saturated carbocycles. The normalized spacial score (nSPS) is 25.5. The second-order valence-electron chi connectivity index (χ2n) is 9.83. The van der Waals surface area contributed by atoms with E-state index in [9.17, 15) is 36.3 Å². The van der Waals surface area contributed by atoms with Gasteiger partial charge in [0.15, 0.2) is 0 Å². The molecular formula is C25H23F5N4O3. The number of benzene rings is 1. The second kappa shape index (κ2) is 9.07. The van der Waals surface area contributed by atoms with Crippen LogP contribution >= 0.6 is 0 Å². The van der Waals surface area contributed by atoms with E-state index in [2.05, 4.69) is 15.6 Å². The van der Waals surface area contributed by atoms with Gasteiger partial charge < -0.3 is 15.5 Å². The van der Waals surface area contributed by atoms with Crippen molar-refractivity contribution in [3.05, 3.63) is 64.5 Å². The number of carbonyl (C=O) groups excluding carboxylic acids is 3. The highest BCUT2D eigenvalue weighted by Gasteiger charge is 2.56. The van der Waals surface area contributed by atoms with Gasteiger partial charge in [-0.05, 0) is 55.5 Å². The van der Waals surface area contributed by atoms with Crippen molar-refractivity contribution in [3.63, 3.8) is 0 Å². The number of amides is 3. The number of hydrogen-bond acceptors (Lipinski definition) is 4. The molecule has 0 spiro atoms. The highest BCUT2D eigenvalue weighted by Crippen LogP contribution is 2.48. The van der Waals surface area contributed by atoms with Gasteiger partial charge in [-0.25, -0.2) is 8.78 Å². The van der Waals surface area contributed by atoms with Crippen molar-refractivity contribution in [2.75, 3.05) is 6.54 Å². The number of carbonyl (C=O) groups is 3. The van der Waals surface area contributed by atoms with Gasteiger partial charge in [0.05, 0.1) is 6.04 Å². The predicted octanol–water partition coefficient (Wildman–Crippen LogP) is 3.28. The zero-order valence-electron chi connectivity index (χ0n) is 19.6. The molecule has 5 rings (SSSR count). The van der Waals surface area contributed by atoms with Crippen LogP contribution in [-0.2, 0) is 15.8 Å². The van der Waals surface area contributed by atoms with Gasteiger partial charge in [0.2, 0.25) is 11.8 Å². The minimum Gasteiger partial charge on any atom is -0.356 e. The minimum absolute atomic E-state index is 0.0182. The van der Waals surface area contributed by atoms with E-state index >= 15 is 0 Å². The molecule has 12 heteroatoms. The predicted molar refractivity (Wildman–Crippen MR) is 119 cm³/mol. The first kappa shape index (κ1) is 25.1. The van der Waals surface area contributed by atoms with Crippen LogP contribution in [0.5, 0.6) is 0 Å². The maximum atomic E-state index is 14.9. The molecule has 7 nitrogen and oxygen atoms in total. The van der Waals surface area contributed by atoms with Crippen molar-refractivity contribution in [2.24, 2.45) is 11.8 Å². The smallest absolute Gasteiger partial charge is 0.356 e. The third-order valence-corrected chi connectivity index (χ3v) is 7.33. The molecular weight excluding hydrogens is 499 g/mol. The summed E-state index contributed by atoms with van der Waals surface area (Å²) < 4.78 is 68.6. The van der Waals surface area contributed by atoms with Crippen molar-refractivity contribution in [2.45, 2.75) is 50.5 Å². The van der Waals surface area contributed by atoms with Gasteiger partial charge in [-0.15, -0.1) is 0 Å². The number of halogens is 5. The lowest BCUT2D eigenvalue weighted by atomic mass is 9.90. The van der Waals surface area contributed by atoms with E-state index in [-0.39, 0.29) is 47.5 Å². The summed E-state index contributed by atoms with van der Waals surface area (Å²) in [6, 6.07) is 1.44. The number of alkyl halides is 3. The second-order valence-corrected chi connectivity index (χ2v) is 9.83. The fraction of sp³-hybridized carbons (Fsp3) is 0.440. The van der Waals surface area contributed by atoms with Crippen molar-refractivity contribution in [3.8, 4) is 0 Å². The lowest BCUT2D eigenvalue weighted by Gasteiger charge is -2.31. The summed E-state index contributed by atoms with van der Waals surface area (Å²) >= 11 is 0. The molecule has 37 heavy (non-hydrogen) atoms. The number of piperidine rings is 1. The molecule has 3 fully saturated rings. The third kappa shape index (κ3) is 4.76. The average molecular weight is 522 g/mol. The number of fused-ring (bicyclic) bond motifs is 1. The van der Waals surface area contributed by atoms with Crippen LogP contribution < -0.4 is 10.6 Å². The van der Waals surface area contributed by atoms with Crippen LogP contribution in [0.3, 0.4) is 0 Å². The molecule has 3 heterocycles. The summed E-state index contributed by atoms with van der Waals surface area (Å²) in [7, 11) is 0. The quantitative estimate of drug-likeness (QED) is 0.590. The summed E-state index contributed by atoms with van der Waals surface area (Å²) in [4.78, 5) is 43.1. The van der Waals surface area contributed by atoms with Crippen LogP contribution in [0.15, 0.2) is 30.5 Å². The van der Waals surface area contributed by atoms with E-state index < -0.39 is 53.3 Å². The number of rotatable bonds is 5. The van der Waals surface area contributed by atoms with Crippen LogP contribution in [0.2, 0.25) is 0 Å². The SMILES string of the molecule is Cc1cc(F)c(C(NC(=O)[C@H]2C[C@H]3C[C@H]3N2C(=O)c2ccnc(C(F)(F)F)c2)C2CNC(=O)C2)cc1F. The molecule has 196 valence electrons. The Morgan fingerprint density at radius 1 is 1.16 bits per heavy atom. The standard InChI is InChI=1S/C25H23F5N4O3/c1-11-4-17(27)15(9-16(11)26)22(14-8-21(35)32-10-14)33-23(36)19-6-13-5-18(13)34(19)24(37)12-2-3-31-20(7-12)25(28,29)30/h2-4,7,9,13-14,18-19,22H,5-6,8,10H2,1H3,(H,32,35)(H,33,36)/t13-,14?,18-,19-,22?/m1/s1. The van der Waals surface area contributed by atoms with Crippen molar-refractivity contribution >= 4 is 17.7 Å². The Balaban J connectivity index is 1.42. The highest BCUT2D eigenvalue weighted by molar-refractivity contribution is 5.98. The van der Waals surface area contributed by atoms with E-state index in [1.165, 1.54) is 11.8 Å². The maximum Gasteiger partial charge on any atom is 0.433 e. The first-order valence-corrected chi connectivity index (χ1v) is 11.8. The van der Waals surface area contributed by atoms with Gasteiger partial charge in [-0.1, -0.05) is 0 Å². The molecule has 1 aromatic carbocycles. The number of likely N-dealkylation sites (tertiary alicyclic amines) is 1. The van der Waals surface area contributed by atoms with Crippen LogP contribution in [-0.4, -0.2) is 46.2 Å². The van der Waals surface area contributed by atoms with E-state index in [0.717, 1.165) is 24.4 Å². The highest BCUT2D eigenvalue weighted by atomic mass is 19.4. The zero-order chi connectivity index (χ0) is 26.6. The van der Waals surface area contributed by atoms with Crippen molar-refractivity contribution < 1.29 is 36.3 Å². The topological polar surface area (TPSA) is 91.4 Å². The summed E-state index contributed by atoms with van der Waals surface area (Å²) in [5.74, 6) is -3.65. The monoisotopic (exact) mass is 522 g/mol. The largest absolute Gasteiger partial charge is 0.433 e. The van der Waals surface area contributed by atoms with Gasteiger partial charge in [0, 0.05) is 42.2 Å². The fourth-order valence-electron chi connectivity index (χ4n) is 5.31. The molecule has 0 radical (unpaired) electrons. The van der Waals surface area contributed by atoms with E-state index in [4.69, 9.17) is 0 Å². The minimum atomic E-state index is -4.74. The molecule has 2 unspecified atom stereocenters. The van der Waals surface area contributed by atoms with Crippen molar-refractivity contribution in [1.29, 1.82) is 0 Å². The molecule has 2 aliphatic heterocycles. The molecule has 5 atom stereocenters. The number of nitrogens with one attached hydrogen (secondary N) is 2. The first-order chi connectivity index (χ1) is 17.4. The fourth-order valence-corrected chi connectivity index (χ4v) is 5.31. The lowest BCUT2D eigenvalue weighted by molar-refractivity contribution is -0.141. The average Bonchev–Trinajstić information content (AvgIpc) is 3.29. The van der Waals surface area contributed by atoms with Gasteiger partial charge >= 0.3 is 6.18 Å². The van der Waals surface area contributed by atoms with E-state index in [1.54, 1.807) is 0 Å². The molecule has 3 aliphatic rings. The zero-order valence-corrected chi connectivity index (χ0v) is 19.6. The number of pyridine rings is 1. The van der Waals surface area contributed by atoms with Crippen LogP contribution in [0.25, 0.3) is 0 Å². The summed E-state index contributed by atoms with van der Waals surface area (Å²) in [6.45, 7) is 1.53. The van der Waals surface area contributed by atoms with Crippen LogP contribution in [0.4, 0.5) is 22.0 Å². The Hall–Kier alpha value is -3.57. The number of aryl methyl sites for hydroxylation is 1. The first-order valence-electron chi connectivity index (χ1n) is 11.8. The molecule has 1 aliphatic carbocycles. The Morgan fingerprint density at radius 3 is 2.59 bits per heavy atom. The Bertz CT molecular complexity index is 1280. The molecule has 0 bridgehead atoms. The number of aromatic nitrogens is 1. The van der Waals surface area contributed by atoms with Crippen molar-refractivity contribution in [1.82, 2.24) is 20.5 Å². The third-order valence-electron chi connectivity index (χ3n) is 7.33. The Kier molecular flexibility index (Phi) is 6.15. The molecule has 1 aromatic heterocycles. The maximum absolute atomic E-state index is 14.9. The lowest BCUT2D eigenvalue weighted by Crippen LogP contribution is -2.49. The van der Waals surface area contributed by atoms with Gasteiger partial charge in [-0.2, -0.15) is 13.2 Å². The Labute approximate surface area is 208 Å². The van der Waals surface area contributed by atoms with Gasteiger partial charge in [0.25, 0.3) is 5.91 Å². The summed E-state index contributed by atoms with van der Waals surface area (Å²) in [5, 5.41) is 5.33.